The van der Waals surface area contributed by atoms with E-state index in [-0.39, 0.29) is 5.91 Å². The van der Waals surface area contributed by atoms with E-state index in [1.165, 1.54) is 0 Å². The van der Waals surface area contributed by atoms with Gasteiger partial charge < -0.3 is 10.1 Å². The Labute approximate surface area is 144 Å². The first-order valence-corrected chi connectivity index (χ1v) is 8.54. The first-order chi connectivity index (χ1) is 10.5. The molecule has 1 atom stereocenters. The molecular weight excluding hydrogens is 341 g/mol. The predicted molar refractivity (Wildman–Crippen MR) is 93.4 cm³/mol. The highest BCUT2D eigenvalue weighted by atomic mass is 35.5. The molecule has 3 nitrogen and oxygen atoms in total. The number of amides is 1. The van der Waals surface area contributed by atoms with Gasteiger partial charge in [-0.15, -0.1) is 11.8 Å². The Morgan fingerprint density at radius 3 is 2.45 bits per heavy atom. The number of rotatable bonds is 5. The van der Waals surface area contributed by atoms with Crippen LogP contribution in [0.25, 0.3) is 0 Å². The molecule has 1 unspecified atom stereocenters. The molecule has 0 saturated carbocycles. The second kappa shape index (κ2) is 7.77. The molecule has 0 spiro atoms. The van der Waals surface area contributed by atoms with E-state index in [0.29, 0.717) is 15.8 Å². The average Bonchev–Trinajstić information content (AvgIpc) is 2.46. The van der Waals surface area contributed by atoms with Crippen LogP contribution in [0, 0.1) is 0 Å². The fraction of sp³-hybridized carbons (Fsp3) is 0.188. The third kappa shape index (κ3) is 4.57. The Morgan fingerprint density at radius 2 is 1.82 bits per heavy atom. The smallest absolute Gasteiger partial charge is 0.265 e. The predicted octanol–water partition coefficient (Wildman–Crippen LogP) is 5.12. The van der Waals surface area contributed by atoms with Crippen LogP contribution in [0.2, 0.25) is 10.0 Å². The van der Waals surface area contributed by atoms with Gasteiger partial charge in [-0.05, 0) is 43.5 Å². The van der Waals surface area contributed by atoms with Crippen molar-refractivity contribution in [2.45, 2.75) is 17.9 Å². The minimum atomic E-state index is -0.676. The van der Waals surface area contributed by atoms with Gasteiger partial charge in [0.2, 0.25) is 0 Å². The van der Waals surface area contributed by atoms with Crippen LogP contribution in [0.5, 0.6) is 5.75 Å². The van der Waals surface area contributed by atoms with E-state index >= 15 is 0 Å². The van der Waals surface area contributed by atoms with E-state index < -0.39 is 6.10 Å². The summed E-state index contributed by atoms with van der Waals surface area (Å²) in [6.07, 6.45) is 1.28. The maximum absolute atomic E-state index is 12.2. The normalized spacial score (nSPS) is 11.8. The van der Waals surface area contributed by atoms with Gasteiger partial charge in [0.05, 0.1) is 5.69 Å². The van der Waals surface area contributed by atoms with Crippen molar-refractivity contribution < 1.29 is 9.53 Å². The van der Waals surface area contributed by atoms with E-state index in [1.807, 2.05) is 30.5 Å². The van der Waals surface area contributed by atoms with Crippen molar-refractivity contribution in [3.8, 4) is 5.75 Å². The SMILES string of the molecule is CSc1ccccc1NC(=O)C(C)Oc1cc(Cl)cc(Cl)c1. The average molecular weight is 356 g/mol. The van der Waals surface area contributed by atoms with Gasteiger partial charge in [0.15, 0.2) is 6.10 Å². The Hall–Kier alpha value is -1.36. The molecule has 0 aliphatic rings. The third-order valence-electron chi connectivity index (χ3n) is 2.88. The van der Waals surface area contributed by atoms with Crippen molar-refractivity contribution >= 4 is 46.6 Å². The number of thioether (sulfide) groups is 1. The Bertz CT molecular complexity index is 659. The number of ether oxygens (including phenoxy) is 1. The van der Waals surface area contributed by atoms with E-state index in [2.05, 4.69) is 5.32 Å². The lowest BCUT2D eigenvalue weighted by molar-refractivity contribution is -0.122. The first kappa shape index (κ1) is 17.0. The Kier molecular flexibility index (Phi) is 6.00. The molecule has 2 aromatic rings. The van der Waals surface area contributed by atoms with Crippen LogP contribution >= 0.6 is 35.0 Å². The molecule has 0 aliphatic heterocycles. The van der Waals surface area contributed by atoms with Crippen LogP contribution in [0.3, 0.4) is 0 Å². The number of nitrogens with one attached hydrogen (secondary N) is 1. The molecule has 116 valence electrons. The lowest BCUT2D eigenvalue weighted by atomic mass is 10.3. The van der Waals surface area contributed by atoms with Crippen molar-refractivity contribution in [3.63, 3.8) is 0 Å². The van der Waals surface area contributed by atoms with E-state index in [9.17, 15) is 4.79 Å². The standard InChI is InChI=1S/C16H15Cl2NO2S/c1-10(21-13-8-11(17)7-12(18)9-13)16(20)19-14-5-3-4-6-15(14)22-2/h3-10H,1-2H3,(H,19,20). The van der Waals surface area contributed by atoms with Gasteiger partial charge in [-0.1, -0.05) is 35.3 Å². The number of benzene rings is 2. The van der Waals surface area contributed by atoms with Gasteiger partial charge in [0.25, 0.3) is 5.91 Å². The van der Waals surface area contributed by atoms with Crippen molar-refractivity contribution in [3.05, 3.63) is 52.5 Å². The van der Waals surface area contributed by atoms with Crippen LogP contribution in [0.1, 0.15) is 6.92 Å². The molecule has 2 rings (SSSR count). The van der Waals surface area contributed by atoms with Gasteiger partial charge in [-0.25, -0.2) is 0 Å². The second-order valence-corrected chi connectivity index (χ2v) is 6.28. The molecule has 0 saturated heterocycles. The topological polar surface area (TPSA) is 38.3 Å². The second-order valence-electron chi connectivity index (χ2n) is 4.55. The molecule has 0 radical (unpaired) electrons. The summed E-state index contributed by atoms with van der Waals surface area (Å²) in [4.78, 5) is 13.2. The van der Waals surface area contributed by atoms with Crippen LogP contribution in [-0.4, -0.2) is 18.3 Å². The zero-order chi connectivity index (χ0) is 16.1. The number of carbonyl (C=O) groups is 1. The molecule has 1 N–H and O–H groups in total. The highest BCUT2D eigenvalue weighted by molar-refractivity contribution is 7.98. The van der Waals surface area contributed by atoms with Gasteiger partial charge >= 0.3 is 0 Å². The van der Waals surface area contributed by atoms with Crippen LogP contribution in [0.4, 0.5) is 5.69 Å². The molecule has 2 aromatic carbocycles. The Balaban J connectivity index is 2.06. The molecule has 0 aliphatic carbocycles. The molecule has 0 bridgehead atoms. The highest BCUT2D eigenvalue weighted by Gasteiger charge is 2.16. The summed E-state index contributed by atoms with van der Waals surface area (Å²) in [5.41, 5.74) is 0.763. The molecule has 22 heavy (non-hydrogen) atoms. The largest absolute Gasteiger partial charge is 0.481 e. The number of para-hydroxylation sites is 1. The maximum Gasteiger partial charge on any atom is 0.265 e. The summed E-state index contributed by atoms with van der Waals surface area (Å²) in [5, 5.41) is 3.78. The van der Waals surface area contributed by atoms with Crippen LogP contribution in [0.15, 0.2) is 47.4 Å². The van der Waals surface area contributed by atoms with Crippen molar-refractivity contribution in [2.75, 3.05) is 11.6 Å². The Morgan fingerprint density at radius 1 is 1.18 bits per heavy atom. The lowest BCUT2D eigenvalue weighted by Gasteiger charge is -2.16. The minimum absolute atomic E-state index is 0.238. The number of halogens is 2. The summed E-state index contributed by atoms with van der Waals surface area (Å²) in [7, 11) is 0. The lowest BCUT2D eigenvalue weighted by Crippen LogP contribution is -2.30. The number of hydrogen-bond acceptors (Lipinski definition) is 3. The first-order valence-electron chi connectivity index (χ1n) is 6.56. The van der Waals surface area contributed by atoms with Crippen LogP contribution < -0.4 is 10.1 Å². The van der Waals surface area contributed by atoms with Crippen molar-refractivity contribution in [2.24, 2.45) is 0 Å². The van der Waals surface area contributed by atoms with E-state index in [4.69, 9.17) is 27.9 Å². The quantitative estimate of drug-likeness (QED) is 0.756. The third-order valence-corrected chi connectivity index (χ3v) is 4.12. The zero-order valence-corrected chi connectivity index (χ0v) is 14.4. The van der Waals surface area contributed by atoms with Crippen molar-refractivity contribution in [1.29, 1.82) is 0 Å². The number of anilines is 1. The summed E-state index contributed by atoms with van der Waals surface area (Å²) in [5.74, 6) is 0.218. The minimum Gasteiger partial charge on any atom is -0.481 e. The monoisotopic (exact) mass is 355 g/mol. The number of carbonyl (C=O) groups excluding carboxylic acids is 1. The van der Waals surface area contributed by atoms with Crippen molar-refractivity contribution in [1.82, 2.24) is 0 Å². The molecule has 0 aromatic heterocycles. The zero-order valence-electron chi connectivity index (χ0n) is 12.1. The van der Waals surface area contributed by atoms with Gasteiger partial charge in [-0.3, -0.25) is 4.79 Å². The number of hydrogen-bond donors (Lipinski definition) is 1. The molecule has 0 fully saturated rings. The maximum atomic E-state index is 12.2. The highest BCUT2D eigenvalue weighted by Crippen LogP contribution is 2.26. The summed E-state index contributed by atoms with van der Waals surface area (Å²) >= 11 is 13.4. The van der Waals surface area contributed by atoms with Gasteiger partial charge in [-0.2, -0.15) is 0 Å². The molecule has 1 amide bonds. The molecule has 6 heteroatoms. The summed E-state index contributed by atoms with van der Waals surface area (Å²) in [6.45, 7) is 1.67. The van der Waals surface area contributed by atoms with Crippen LogP contribution in [-0.2, 0) is 4.79 Å². The summed E-state index contributed by atoms with van der Waals surface area (Å²) < 4.78 is 5.60. The summed E-state index contributed by atoms with van der Waals surface area (Å²) in [6, 6.07) is 12.4. The fourth-order valence-electron chi connectivity index (χ4n) is 1.84. The van der Waals surface area contributed by atoms with E-state index in [1.54, 1.807) is 36.9 Å². The van der Waals surface area contributed by atoms with Gasteiger partial charge in [0.1, 0.15) is 5.75 Å². The van der Waals surface area contributed by atoms with E-state index in [0.717, 1.165) is 10.6 Å². The molecular formula is C16H15Cl2NO2S. The molecule has 0 heterocycles. The fourth-order valence-corrected chi connectivity index (χ4v) is 2.90. The van der Waals surface area contributed by atoms with Gasteiger partial charge in [0, 0.05) is 14.9 Å².